The molecule has 0 atom stereocenters. The van der Waals surface area contributed by atoms with Crippen molar-refractivity contribution in [3.05, 3.63) is 35.5 Å². The molecule has 0 fully saturated rings. The Kier molecular flexibility index (Phi) is 15.9. The zero-order chi connectivity index (χ0) is 12.1. The molecule has 0 radical (unpaired) electrons. The van der Waals surface area contributed by atoms with Crippen molar-refractivity contribution in [1.82, 2.24) is 0 Å². The Balaban J connectivity index is 0. The van der Waals surface area contributed by atoms with Crippen LogP contribution in [0.15, 0.2) is 35.5 Å². The Morgan fingerprint density at radius 3 is 1.87 bits per heavy atom. The van der Waals surface area contributed by atoms with Gasteiger partial charge in [0.2, 0.25) is 0 Å². The van der Waals surface area contributed by atoms with Gasteiger partial charge < -0.3 is 0 Å². The minimum absolute atomic E-state index is 0.0972. The topological polar surface area (TPSA) is 0 Å². The van der Waals surface area contributed by atoms with Crippen LogP contribution in [0.5, 0.6) is 0 Å². The molecule has 0 aromatic rings. The van der Waals surface area contributed by atoms with Gasteiger partial charge in [-0.2, -0.15) is 0 Å². The van der Waals surface area contributed by atoms with Crippen LogP contribution in [-0.4, -0.2) is 0 Å². The standard InChI is InChI=1S/C10H16.2C2H5.Zn/c1-5-10(4)8-6-7-9(2)3;2*1-2;/h5-8H,1-4H3;2*1H2,2H3;. The summed E-state index contributed by atoms with van der Waals surface area (Å²) in [4.78, 5) is 0. The van der Waals surface area contributed by atoms with E-state index in [-0.39, 0.29) is 17.1 Å². The van der Waals surface area contributed by atoms with Gasteiger partial charge in [0.1, 0.15) is 0 Å². The van der Waals surface area contributed by atoms with E-state index in [1.165, 1.54) is 21.2 Å². The molecule has 0 aromatic heterocycles. The second kappa shape index (κ2) is 13.8. The predicted molar refractivity (Wildman–Crippen MR) is 69.0 cm³/mol. The van der Waals surface area contributed by atoms with Gasteiger partial charge in [-0.1, -0.05) is 35.5 Å². The third-order valence-electron chi connectivity index (χ3n) is 1.95. The van der Waals surface area contributed by atoms with Crippen molar-refractivity contribution in [2.75, 3.05) is 0 Å². The molecule has 0 saturated heterocycles. The van der Waals surface area contributed by atoms with Crippen LogP contribution in [0, 0.1) is 0 Å². The molecule has 0 spiro atoms. The zero-order valence-corrected chi connectivity index (χ0v) is 14.4. The van der Waals surface area contributed by atoms with E-state index in [0.717, 1.165) is 0 Å². The van der Waals surface area contributed by atoms with E-state index in [1.807, 2.05) is 6.92 Å². The first-order chi connectivity index (χ1) is 7.08. The monoisotopic (exact) mass is 258 g/mol. The molecule has 84 valence electrons. The van der Waals surface area contributed by atoms with Crippen LogP contribution >= 0.6 is 0 Å². The summed E-state index contributed by atoms with van der Waals surface area (Å²) in [7, 11) is 0. The molecule has 0 saturated carbocycles. The normalized spacial score (nSPS) is 10.4. The summed E-state index contributed by atoms with van der Waals surface area (Å²) < 4.78 is 0. The molecule has 15 heavy (non-hydrogen) atoms. The van der Waals surface area contributed by atoms with Crippen molar-refractivity contribution in [2.45, 2.75) is 51.6 Å². The fourth-order valence-electron chi connectivity index (χ4n) is 0.842. The van der Waals surface area contributed by atoms with E-state index >= 15 is 0 Å². The second-order valence-corrected chi connectivity index (χ2v) is 9.67. The summed E-state index contributed by atoms with van der Waals surface area (Å²) in [5, 5.41) is 3.06. The van der Waals surface area contributed by atoms with Crippen LogP contribution in [0.1, 0.15) is 41.5 Å². The molecule has 0 rings (SSSR count). The molecule has 0 aromatic carbocycles. The van der Waals surface area contributed by atoms with E-state index in [9.17, 15) is 0 Å². The van der Waals surface area contributed by atoms with Crippen molar-refractivity contribution < 1.29 is 17.1 Å². The fraction of sp³-hybridized carbons (Fsp3) is 0.571. The third-order valence-corrected chi connectivity index (χ3v) is 4.92. The maximum atomic E-state index is 2.30. The van der Waals surface area contributed by atoms with Crippen LogP contribution in [0.2, 0.25) is 10.0 Å². The Hall–Kier alpha value is -0.157. The first-order valence-electron chi connectivity index (χ1n) is 6.02. The molecule has 0 aliphatic carbocycles. The van der Waals surface area contributed by atoms with Gasteiger partial charge in [0.05, 0.1) is 0 Å². The molecule has 1 heteroatoms. The summed E-state index contributed by atoms with van der Waals surface area (Å²) in [6, 6.07) is 0. The van der Waals surface area contributed by atoms with Crippen LogP contribution in [0.4, 0.5) is 0 Å². The SMILES string of the molecule is CC=C(C)C=CC=C(C)C.C[CH2][Zn][CH2]C. The Labute approximate surface area is 104 Å². The minimum atomic E-state index is 0.0972. The number of hydrogen-bond acceptors (Lipinski definition) is 0. The fourth-order valence-corrected chi connectivity index (χ4v) is 2.33. The molecule has 0 aliphatic heterocycles. The quantitative estimate of drug-likeness (QED) is 0.467. The molecule has 0 N–H and O–H groups in total. The van der Waals surface area contributed by atoms with Crippen molar-refractivity contribution in [3.8, 4) is 0 Å². The van der Waals surface area contributed by atoms with E-state index in [0.29, 0.717) is 0 Å². The first kappa shape index (κ1) is 17.2. The summed E-state index contributed by atoms with van der Waals surface area (Å²) in [5.41, 5.74) is 2.64. The average molecular weight is 260 g/mol. The second-order valence-electron chi connectivity index (χ2n) is 3.99. The van der Waals surface area contributed by atoms with Gasteiger partial charge in [-0.25, -0.2) is 0 Å². The van der Waals surface area contributed by atoms with Crippen molar-refractivity contribution in [3.63, 3.8) is 0 Å². The average Bonchev–Trinajstić information content (AvgIpc) is 2.19. The van der Waals surface area contributed by atoms with Gasteiger partial charge in [0.15, 0.2) is 0 Å². The number of rotatable bonds is 4. The van der Waals surface area contributed by atoms with Crippen molar-refractivity contribution in [1.29, 1.82) is 0 Å². The number of hydrogen-bond donors (Lipinski definition) is 0. The molecule has 0 aliphatic rings. The van der Waals surface area contributed by atoms with Gasteiger partial charge >= 0.3 is 41.0 Å². The van der Waals surface area contributed by atoms with Crippen molar-refractivity contribution >= 4 is 0 Å². The molecule has 0 unspecified atom stereocenters. The summed E-state index contributed by atoms with van der Waals surface area (Å²) >= 11 is 0.0972. The Bertz CT molecular complexity index is 203. The first-order valence-corrected chi connectivity index (χ1v) is 10.2. The third kappa shape index (κ3) is 20.0. The van der Waals surface area contributed by atoms with Crippen molar-refractivity contribution in [2.24, 2.45) is 0 Å². The molecule has 0 nitrogen and oxygen atoms in total. The van der Waals surface area contributed by atoms with Crippen LogP contribution in [0.25, 0.3) is 0 Å². The molecular formula is C14H26Zn. The van der Waals surface area contributed by atoms with Crippen LogP contribution < -0.4 is 0 Å². The summed E-state index contributed by atoms with van der Waals surface area (Å²) in [6.45, 7) is 12.9. The van der Waals surface area contributed by atoms with Gasteiger partial charge in [-0.05, 0) is 27.7 Å². The van der Waals surface area contributed by atoms with E-state index < -0.39 is 0 Å². The summed E-state index contributed by atoms with van der Waals surface area (Å²) in [5.74, 6) is 0. The molecule has 0 heterocycles. The van der Waals surface area contributed by atoms with E-state index in [2.05, 4.69) is 58.9 Å². The van der Waals surface area contributed by atoms with Gasteiger partial charge in [-0.15, -0.1) is 0 Å². The molecular weight excluding hydrogens is 234 g/mol. The van der Waals surface area contributed by atoms with Gasteiger partial charge in [0, 0.05) is 0 Å². The molecule has 0 bridgehead atoms. The van der Waals surface area contributed by atoms with Crippen LogP contribution in [0.3, 0.4) is 0 Å². The summed E-state index contributed by atoms with van der Waals surface area (Å²) in [6.07, 6.45) is 8.38. The van der Waals surface area contributed by atoms with Gasteiger partial charge in [0.25, 0.3) is 0 Å². The Morgan fingerprint density at radius 1 is 1.07 bits per heavy atom. The predicted octanol–water partition coefficient (Wildman–Crippen LogP) is 5.42. The molecule has 0 amide bonds. The maximum absolute atomic E-state index is 2.30. The number of allylic oxidation sites excluding steroid dienone is 6. The Morgan fingerprint density at radius 2 is 1.60 bits per heavy atom. The van der Waals surface area contributed by atoms with Gasteiger partial charge in [-0.3, -0.25) is 0 Å². The van der Waals surface area contributed by atoms with Crippen LogP contribution in [-0.2, 0) is 17.1 Å². The van der Waals surface area contributed by atoms with E-state index in [1.54, 1.807) is 0 Å². The van der Waals surface area contributed by atoms with E-state index in [4.69, 9.17) is 0 Å². The zero-order valence-electron chi connectivity index (χ0n) is 11.4.